The summed E-state index contributed by atoms with van der Waals surface area (Å²) >= 11 is 1.06. The molecule has 0 bridgehead atoms. The van der Waals surface area contributed by atoms with Crippen LogP contribution in [-0.2, 0) is 6.18 Å². The molecule has 0 spiro atoms. The Bertz CT molecular complexity index is 956. The van der Waals surface area contributed by atoms with Crippen molar-refractivity contribution in [3.63, 3.8) is 0 Å². The predicted molar refractivity (Wildman–Crippen MR) is 104 cm³/mol. The van der Waals surface area contributed by atoms with Crippen LogP contribution in [0.2, 0.25) is 0 Å². The molecule has 7 heteroatoms. The van der Waals surface area contributed by atoms with Gasteiger partial charge < -0.3 is 10.5 Å². The first-order valence-electron chi connectivity index (χ1n) is 7.98. The van der Waals surface area contributed by atoms with E-state index in [1.165, 1.54) is 6.07 Å². The summed E-state index contributed by atoms with van der Waals surface area (Å²) in [5.41, 5.74) is 7.96. The number of halogens is 3. The van der Waals surface area contributed by atoms with Gasteiger partial charge in [0.05, 0.1) is 11.3 Å². The molecule has 3 aromatic carbocycles. The number of nitrogen functional groups attached to an aromatic ring is 1. The van der Waals surface area contributed by atoms with E-state index in [2.05, 4.69) is 4.72 Å². The van der Waals surface area contributed by atoms with Crippen molar-refractivity contribution in [1.82, 2.24) is 0 Å². The third-order valence-electron chi connectivity index (χ3n) is 3.83. The zero-order valence-corrected chi connectivity index (χ0v) is 14.9. The highest BCUT2D eigenvalue weighted by molar-refractivity contribution is 8.00. The molecule has 0 aromatic heterocycles. The van der Waals surface area contributed by atoms with Crippen LogP contribution in [0.5, 0.6) is 0 Å². The third kappa shape index (κ3) is 4.62. The topological polar surface area (TPSA) is 61.9 Å². The fraction of sp³-hybridized carbons (Fsp3) is 0.0500. The van der Waals surface area contributed by atoms with Gasteiger partial charge in [0.15, 0.2) is 0 Å². The van der Waals surface area contributed by atoms with Crippen molar-refractivity contribution >= 4 is 29.0 Å². The quantitative estimate of drug-likeness (QED) is 0.294. The number of nitrogens with one attached hydrogen (secondary N) is 2. The lowest BCUT2D eigenvalue weighted by Crippen LogP contribution is -2.06. The molecular weight excluding hydrogens is 371 g/mol. The van der Waals surface area contributed by atoms with Gasteiger partial charge in [-0.3, -0.25) is 5.41 Å². The van der Waals surface area contributed by atoms with Crippen LogP contribution in [0.4, 0.5) is 24.5 Å². The van der Waals surface area contributed by atoms with E-state index in [0.29, 0.717) is 21.8 Å². The molecule has 0 saturated heterocycles. The number of hydrogen-bond donors (Lipinski definition) is 3. The number of hydrogen-bond acceptors (Lipinski definition) is 4. The molecule has 138 valence electrons. The normalized spacial score (nSPS) is 11.2. The molecule has 3 aromatic rings. The second kappa shape index (κ2) is 7.75. The van der Waals surface area contributed by atoms with Crippen molar-refractivity contribution < 1.29 is 13.2 Å². The molecule has 0 heterocycles. The second-order valence-electron chi connectivity index (χ2n) is 5.77. The Morgan fingerprint density at radius 2 is 1.67 bits per heavy atom. The van der Waals surface area contributed by atoms with Gasteiger partial charge in [0.1, 0.15) is 0 Å². The summed E-state index contributed by atoms with van der Waals surface area (Å²) in [6, 6.07) is 19.4. The van der Waals surface area contributed by atoms with E-state index < -0.39 is 11.7 Å². The van der Waals surface area contributed by atoms with Crippen molar-refractivity contribution in [3.8, 4) is 0 Å². The summed E-state index contributed by atoms with van der Waals surface area (Å²) in [6.45, 7) is 0. The minimum absolute atomic E-state index is 0.279. The summed E-state index contributed by atoms with van der Waals surface area (Å²) in [5, 5.41) is 8.36. The van der Waals surface area contributed by atoms with E-state index >= 15 is 0 Å². The van der Waals surface area contributed by atoms with Gasteiger partial charge in [0.2, 0.25) is 0 Å². The SMILES string of the molecule is N=C(c1ccccc1)c1cc(NSc2cccc(C(F)(F)F)c2)ccc1N. The van der Waals surface area contributed by atoms with Crippen LogP contribution < -0.4 is 10.5 Å². The number of alkyl halides is 3. The molecule has 0 unspecified atom stereocenters. The standard InChI is InChI=1S/C20H16F3N3S/c21-20(22,23)14-7-4-8-16(11-14)27-26-15-9-10-18(24)17(12-15)19(25)13-5-2-1-3-6-13/h1-12,25-26H,24H2. The van der Waals surface area contributed by atoms with Crippen LogP contribution in [0.3, 0.4) is 0 Å². The minimum atomic E-state index is -4.38. The first-order valence-corrected chi connectivity index (χ1v) is 8.80. The Balaban J connectivity index is 1.78. The van der Waals surface area contributed by atoms with Gasteiger partial charge in [0.25, 0.3) is 0 Å². The number of benzene rings is 3. The van der Waals surface area contributed by atoms with Gasteiger partial charge in [-0.1, -0.05) is 36.4 Å². The molecular formula is C20H16F3N3S. The first kappa shape index (κ1) is 18.8. The molecule has 0 saturated carbocycles. The molecule has 27 heavy (non-hydrogen) atoms. The molecule has 0 amide bonds. The molecule has 0 fully saturated rings. The monoisotopic (exact) mass is 387 g/mol. The zero-order valence-electron chi connectivity index (χ0n) is 14.0. The van der Waals surface area contributed by atoms with E-state index in [0.717, 1.165) is 29.6 Å². The molecule has 0 aliphatic rings. The van der Waals surface area contributed by atoms with Gasteiger partial charge >= 0.3 is 6.18 Å². The Morgan fingerprint density at radius 1 is 0.926 bits per heavy atom. The maximum absolute atomic E-state index is 12.8. The maximum Gasteiger partial charge on any atom is 0.416 e. The molecule has 4 N–H and O–H groups in total. The lowest BCUT2D eigenvalue weighted by molar-refractivity contribution is -0.137. The zero-order chi connectivity index (χ0) is 19.4. The van der Waals surface area contributed by atoms with Crippen LogP contribution in [0.15, 0.2) is 77.7 Å². The van der Waals surface area contributed by atoms with Gasteiger partial charge in [0, 0.05) is 27.4 Å². The molecule has 0 atom stereocenters. The fourth-order valence-electron chi connectivity index (χ4n) is 2.45. The van der Waals surface area contributed by atoms with Crippen molar-refractivity contribution in [2.75, 3.05) is 10.5 Å². The average molecular weight is 387 g/mol. The van der Waals surface area contributed by atoms with E-state index in [9.17, 15) is 13.2 Å². The van der Waals surface area contributed by atoms with Crippen molar-refractivity contribution in [2.45, 2.75) is 11.1 Å². The van der Waals surface area contributed by atoms with Crippen molar-refractivity contribution in [2.24, 2.45) is 0 Å². The Labute approximate surface area is 159 Å². The van der Waals surface area contributed by atoms with Gasteiger partial charge in [-0.15, -0.1) is 0 Å². The molecule has 0 aliphatic heterocycles. The van der Waals surface area contributed by atoms with Gasteiger partial charge in [-0.2, -0.15) is 13.2 Å². The highest BCUT2D eigenvalue weighted by Crippen LogP contribution is 2.32. The summed E-state index contributed by atoms with van der Waals surface area (Å²) in [7, 11) is 0. The fourth-order valence-corrected chi connectivity index (χ4v) is 3.15. The van der Waals surface area contributed by atoms with E-state index in [1.807, 2.05) is 30.3 Å². The minimum Gasteiger partial charge on any atom is -0.398 e. The molecule has 3 rings (SSSR count). The highest BCUT2D eigenvalue weighted by Gasteiger charge is 2.30. The molecule has 0 aliphatic carbocycles. The van der Waals surface area contributed by atoms with E-state index in [4.69, 9.17) is 11.1 Å². The van der Waals surface area contributed by atoms with Crippen molar-refractivity contribution in [3.05, 3.63) is 89.5 Å². The van der Waals surface area contributed by atoms with Crippen molar-refractivity contribution in [1.29, 1.82) is 5.41 Å². The summed E-state index contributed by atoms with van der Waals surface area (Å²) in [4.78, 5) is 0.432. The van der Waals surface area contributed by atoms with E-state index in [-0.39, 0.29) is 5.71 Å². The Kier molecular flexibility index (Phi) is 5.41. The van der Waals surface area contributed by atoms with Gasteiger partial charge in [-0.05, 0) is 48.3 Å². The summed E-state index contributed by atoms with van der Waals surface area (Å²) < 4.78 is 41.4. The third-order valence-corrected chi connectivity index (χ3v) is 4.66. The second-order valence-corrected chi connectivity index (χ2v) is 6.65. The lowest BCUT2D eigenvalue weighted by Gasteiger charge is -2.12. The summed E-state index contributed by atoms with van der Waals surface area (Å²) in [5.74, 6) is 0. The van der Waals surface area contributed by atoms with Crippen LogP contribution in [0.25, 0.3) is 0 Å². The summed E-state index contributed by atoms with van der Waals surface area (Å²) in [6.07, 6.45) is -4.38. The van der Waals surface area contributed by atoms with Crippen LogP contribution in [0, 0.1) is 5.41 Å². The maximum atomic E-state index is 12.8. The number of nitrogens with two attached hydrogens (primary N) is 1. The average Bonchev–Trinajstić information content (AvgIpc) is 2.67. The van der Waals surface area contributed by atoms with Crippen LogP contribution in [-0.4, -0.2) is 5.71 Å². The van der Waals surface area contributed by atoms with Gasteiger partial charge in [-0.25, -0.2) is 0 Å². The predicted octanol–water partition coefficient (Wildman–Crippen LogP) is 5.82. The highest BCUT2D eigenvalue weighted by atomic mass is 32.2. The van der Waals surface area contributed by atoms with Crippen LogP contribution >= 0.6 is 11.9 Å². The molecule has 0 radical (unpaired) electrons. The Hall–Kier alpha value is -2.93. The largest absolute Gasteiger partial charge is 0.416 e. The smallest absolute Gasteiger partial charge is 0.398 e. The molecule has 3 nitrogen and oxygen atoms in total. The van der Waals surface area contributed by atoms with E-state index in [1.54, 1.807) is 24.3 Å². The number of anilines is 2. The Morgan fingerprint density at radius 3 is 2.37 bits per heavy atom. The first-order chi connectivity index (χ1) is 12.8. The van der Waals surface area contributed by atoms with Crippen LogP contribution in [0.1, 0.15) is 16.7 Å². The number of rotatable bonds is 5. The lowest BCUT2D eigenvalue weighted by atomic mass is 10.0.